The molecular weight excluding hydrogens is 244 g/mol. The predicted octanol–water partition coefficient (Wildman–Crippen LogP) is 0.465. The Hall–Kier alpha value is -1.98. The first kappa shape index (κ1) is 15.1. The summed E-state index contributed by atoms with van der Waals surface area (Å²) in [5, 5.41) is 6.26. The molecule has 0 atom stereocenters. The van der Waals surface area contributed by atoms with Crippen LogP contribution in [0, 0.1) is 0 Å². The molecule has 1 aromatic heterocycles. The lowest BCUT2D eigenvalue weighted by molar-refractivity contribution is -0.127. The zero-order valence-electron chi connectivity index (χ0n) is 11.8. The number of carbonyl (C=O) groups is 1. The zero-order valence-corrected chi connectivity index (χ0v) is 11.8. The summed E-state index contributed by atoms with van der Waals surface area (Å²) in [7, 11) is 3.43. The van der Waals surface area contributed by atoms with E-state index in [0.29, 0.717) is 12.5 Å². The molecule has 0 saturated carbocycles. The van der Waals surface area contributed by atoms with Crippen LogP contribution in [-0.2, 0) is 11.2 Å². The second-order valence-electron chi connectivity index (χ2n) is 4.24. The highest BCUT2D eigenvalue weighted by Crippen LogP contribution is 1.99. The summed E-state index contributed by atoms with van der Waals surface area (Å²) in [5.74, 6) is 1.54. The van der Waals surface area contributed by atoms with Crippen LogP contribution in [0.1, 0.15) is 12.7 Å². The summed E-state index contributed by atoms with van der Waals surface area (Å²) in [6, 6.07) is 3.80. The zero-order chi connectivity index (χ0) is 14.1. The van der Waals surface area contributed by atoms with Crippen molar-refractivity contribution in [1.82, 2.24) is 15.5 Å². The molecule has 0 aliphatic rings. The number of likely N-dealkylation sites (N-methyl/N-ethyl adjacent to an activating group) is 1. The van der Waals surface area contributed by atoms with Gasteiger partial charge in [-0.05, 0) is 19.1 Å². The second-order valence-corrected chi connectivity index (χ2v) is 4.24. The van der Waals surface area contributed by atoms with E-state index in [1.54, 1.807) is 20.4 Å². The van der Waals surface area contributed by atoms with Crippen molar-refractivity contribution >= 4 is 11.9 Å². The molecule has 0 unspecified atom stereocenters. The maximum absolute atomic E-state index is 11.5. The lowest BCUT2D eigenvalue weighted by Crippen LogP contribution is -2.39. The van der Waals surface area contributed by atoms with E-state index in [9.17, 15) is 4.79 Å². The topological polar surface area (TPSA) is 69.9 Å². The highest BCUT2D eigenvalue weighted by atomic mass is 16.3. The number of guanidine groups is 1. The fraction of sp³-hybridized carbons (Fsp3) is 0.538. The van der Waals surface area contributed by atoms with Gasteiger partial charge in [-0.2, -0.15) is 0 Å². The van der Waals surface area contributed by atoms with Crippen LogP contribution in [-0.4, -0.2) is 50.5 Å². The molecule has 0 aromatic carbocycles. The molecule has 6 nitrogen and oxygen atoms in total. The number of carbonyl (C=O) groups excluding carboxylic acids is 1. The van der Waals surface area contributed by atoms with Crippen molar-refractivity contribution in [2.75, 3.05) is 33.7 Å². The van der Waals surface area contributed by atoms with E-state index in [2.05, 4.69) is 15.6 Å². The van der Waals surface area contributed by atoms with Gasteiger partial charge in [0, 0.05) is 33.6 Å². The summed E-state index contributed by atoms with van der Waals surface area (Å²) in [6.45, 7) is 3.58. The lowest BCUT2D eigenvalue weighted by Gasteiger charge is -2.12. The van der Waals surface area contributed by atoms with Gasteiger partial charge in [-0.1, -0.05) is 0 Å². The molecular formula is C13H22N4O2. The van der Waals surface area contributed by atoms with E-state index in [1.165, 1.54) is 4.90 Å². The third-order valence-electron chi connectivity index (χ3n) is 2.46. The Kier molecular flexibility index (Phi) is 6.49. The number of hydrogen-bond donors (Lipinski definition) is 2. The molecule has 1 rings (SSSR count). The molecule has 106 valence electrons. The monoisotopic (exact) mass is 266 g/mol. The van der Waals surface area contributed by atoms with E-state index < -0.39 is 0 Å². The van der Waals surface area contributed by atoms with Crippen LogP contribution < -0.4 is 10.6 Å². The van der Waals surface area contributed by atoms with Crippen LogP contribution in [0.25, 0.3) is 0 Å². The molecule has 6 heteroatoms. The minimum Gasteiger partial charge on any atom is -0.469 e. The van der Waals surface area contributed by atoms with Gasteiger partial charge in [0.2, 0.25) is 5.91 Å². The van der Waals surface area contributed by atoms with Crippen LogP contribution in [0.5, 0.6) is 0 Å². The van der Waals surface area contributed by atoms with Crippen molar-refractivity contribution in [3.05, 3.63) is 24.2 Å². The first-order valence-electron chi connectivity index (χ1n) is 6.38. The smallest absolute Gasteiger partial charge is 0.243 e. The Morgan fingerprint density at radius 2 is 2.21 bits per heavy atom. The largest absolute Gasteiger partial charge is 0.469 e. The van der Waals surface area contributed by atoms with Crippen LogP contribution in [0.2, 0.25) is 0 Å². The molecule has 1 heterocycles. The fourth-order valence-electron chi connectivity index (χ4n) is 1.39. The predicted molar refractivity (Wildman–Crippen MR) is 75.1 cm³/mol. The Bertz CT molecular complexity index is 399. The maximum atomic E-state index is 11.5. The molecule has 0 spiro atoms. The Morgan fingerprint density at radius 3 is 2.79 bits per heavy atom. The van der Waals surface area contributed by atoms with E-state index in [0.717, 1.165) is 18.7 Å². The third kappa shape index (κ3) is 5.94. The highest BCUT2D eigenvalue weighted by Gasteiger charge is 2.04. The van der Waals surface area contributed by atoms with Crippen molar-refractivity contribution in [2.24, 2.45) is 4.99 Å². The van der Waals surface area contributed by atoms with Gasteiger partial charge in [0.1, 0.15) is 12.3 Å². The molecule has 1 amide bonds. The number of amides is 1. The van der Waals surface area contributed by atoms with E-state index in [1.807, 2.05) is 19.1 Å². The first-order chi connectivity index (χ1) is 9.13. The number of nitrogens with zero attached hydrogens (tertiary/aromatic N) is 2. The van der Waals surface area contributed by atoms with Gasteiger partial charge in [0.15, 0.2) is 5.96 Å². The highest BCUT2D eigenvalue weighted by molar-refractivity contribution is 5.84. The van der Waals surface area contributed by atoms with Gasteiger partial charge in [-0.3, -0.25) is 4.79 Å². The lowest BCUT2D eigenvalue weighted by atomic mass is 10.3. The molecule has 0 fully saturated rings. The van der Waals surface area contributed by atoms with E-state index in [-0.39, 0.29) is 12.5 Å². The van der Waals surface area contributed by atoms with Gasteiger partial charge in [0.05, 0.1) is 6.26 Å². The number of nitrogens with one attached hydrogen (secondary N) is 2. The first-order valence-corrected chi connectivity index (χ1v) is 6.38. The van der Waals surface area contributed by atoms with Crippen molar-refractivity contribution in [3.63, 3.8) is 0 Å². The SMILES string of the molecule is CCNC(=NCC(=O)N(C)C)NCCc1ccco1. The summed E-state index contributed by atoms with van der Waals surface area (Å²) >= 11 is 0. The van der Waals surface area contributed by atoms with Gasteiger partial charge >= 0.3 is 0 Å². The summed E-state index contributed by atoms with van der Waals surface area (Å²) in [4.78, 5) is 17.2. The van der Waals surface area contributed by atoms with Gasteiger partial charge in [-0.15, -0.1) is 0 Å². The minimum atomic E-state index is -0.0248. The third-order valence-corrected chi connectivity index (χ3v) is 2.46. The van der Waals surface area contributed by atoms with E-state index in [4.69, 9.17) is 4.42 Å². The second kappa shape index (κ2) is 8.18. The normalized spacial score (nSPS) is 11.2. The van der Waals surface area contributed by atoms with Gasteiger partial charge < -0.3 is 20.0 Å². The standard InChI is InChI=1S/C13H22N4O2/c1-4-14-13(16-10-12(18)17(2)3)15-8-7-11-6-5-9-19-11/h5-6,9H,4,7-8,10H2,1-3H3,(H2,14,15,16). The number of aliphatic imine (C=N–C) groups is 1. The van der Waals surface area contributed by atoms with Crippen LogP contribution >= 0.6 is 0 Å². The number of rotatable bonds is 6. The van der Waals surface area contributed by atoms with Crippen molar-refractivity contribution in [1.29, 1.82) is 0 Å². The maximum Gasteiger partial charge on any atom is 0.243 e. The van der Waals surface area contributed by atoms with Crippen molar-refractivity contribution < 1.29 is 9.21 Å². The Morgan fingerprint density at radius 1 is 1.42 bits per heavy atom. The fourth-order valence-corrected chi connectivity index (χ4v) is 1.39. The summed E-state index contributed by atoms with van der Waals surface area (Å²) in [5.41, 5.74) is 0. The average Bonchev–Trinajstić information content (AvgIpc) is 2.88. The Labute approximate surface area is 113 Å². The van der Waals surface area contributed by atoms with Crippen molar-refractivity contribution in [2.45, 2.75) is 13.3 Å². The summed E-state index contributed by atoms with van der Waals surface area (Å²) < 4.78 is 5.24. The molecule has 0 radical (unpaired) electrons. The summed E-state index contributed by atoms with van der Waals surface area (Å²) in [6.07, 6.45) is 2.43. The van der Waals surface area contributed by atoms with Gasteiger partial charge in [-0.25, -0.2) is 4.99 Å². The molecule has 0 bridgehead atoms. The van der Waals surface area contributed by atoms with Crippen molar-refractivity contribution in [3.8, 4) is 0 Å². The molecule has 1 aromatic rings. The van der Waals surface area contributed by atoms with Gasteiger partial charge in [0.25, 0.3) is 0 Å². The van der Waals surface area contributed by atoms with Crippen LogP contribution in [0.4, 0.5) is 0 Å². The van der Waals surface area contributed by atoms with E-state index >= 15 is 0 Å². The van der Waals surface area contributed by atoms with Crippen LogP contribution in [0.15, 0.2) is 27.8 Å². The molecule has 0 aliphatic heterocycles. The minimum absolute atomic E-state index is 0.0248. The average molecular weight is 266 g/mol. The quantitative estimate of drug-likeness (QED) is 0.580. The molecule has 0 aliphatic carbocycles. The Balaban J connectivity index is 2.38. The van der Waals surface area contributed by atoms with Crippen LogP contribution in [0.3, 0.4) is 0 Å². The molecule has 0 saturated heterocycles. The molecule has 2 N–H and O–H groups in total. The number of hydrogen-bond acceptors (Lipinski definition) is 3. The number of furan rings is 1. The molecule has 19 heavy (non-hydrogen) atoms.